The number of hydrogen-bond donors (Lipinski definition) is 3. The van der Waals surface area contributed by atoms with Gasteiger partial charge in [-0.05, 0) is 25.1 Å². The molecule has 126 valence electrons. The van der Waals surface area contributed by atoms with Crippen molar-refractivity contribution in [1.82, 2.24) is 30.1 Å². The molecule has 3 heterocycles. The molecule has 0 aliphatic carbocycles. The van der Waals surface area contributed by atoms with E-state index in [0.717, 1.165) is 39.1 Å². The molecule has 0 saturated heterocycles. The van der Waals surface area contributed by atoms with Crippen molar-refractivity contribution in [3.05, 3.63) is 60.6 Å². The summed E-state index contributed by atoms with van der Waals surface area (Å²) in [6.45, 7) is 1.94. The van der Waals surface area contributed by atoms with Crippen LogP contribution in [0.25, 0.3) is 33.5 Å². The highest BCUT2D eigenvalue weighted by Gasteiger charge is 2.12. The quantitative estimate of drug-likeness (QED) is 0.462. The van der Waals surface area contributed by atoms with Crippen molar-refractivity contribution < 1.29 is 0 Å². The van der Waals surface area contributed by atoms with Crippen LogP contribution in [0, 0.1) is 6.92 Å². The Morgan fingerprint density at radius 1 is 0.923 bits per heavy atom. The van der Waals surface area contributed by atoms with E-state index in [1.165, 1.54) is 0 Å². The summed E-state index contributed by atoms with van der Waals surface area (Å²) in [4.78, 5) is 17.0. The first-order valence-electron chi connectivity index (χ1n) is 8.26. The molecule has 0 atom stereocenters. The Hall–Kier alpha value is -3.74. The zero-order chi connectivity index (χ0) is 17.5. The minimum Gasteiger partial charge on any atom is -0.342 e. The molecule has 7 heteroatoms. The smallest absolute Gasteiger partial charge is 0.162 e. The van der Waals surface area contributed by atoms with Crippen LogP contribution in [-0.2, 0) is 0 Å². The number of fused-ring (bicyclic) bond motifs is 2. The number of aromatic amines is 2. The molecule has 5 rings (SSSR count). The third kappa shape index (κ3) is 2.46. The summed E-state index contributed by atoms with van der Waals surface area (Å²) in [5.74, 6) is 2.22. The van der Waals surface area contributed by atoms with Crippen molar-refractivity contribution in [3.8, 4) is 11.4 Å². The maximum atomic E-state index is 4.70. The maximum absolute atomic E-state index is 4.70. The van der Waals surface area contributed by atoms with Crippen molar-refractivity contribution in [3.63, 3.8) is 0 Å². The Kier molecular flexibility index (Phi) is 3.18. The Labute approximate surface area is 148 Å². The molecule has 26 heavy (non-hydrogen) atoms. The normalized spacial score (nSPS) is 11.3. The molecule has 0 aliphatic heterocycles. The van der Waals surface area contributed by atoms with Crippen molar-refractivity contribution in [1.29, 1.82) is 0 Å². The van der Waals surface area contributed by atoms with E-state index in [1.807, 2.05) is 55.5 Å². The summed E-state index contributed by atoms with van der Waals surface area (Å²) in [7, 11) is 0. The lowest BCUT2D eigenvalue weighted by Gasteiger charge is -2.09. The fraction of sp³-hybridized carbons (Fsp3) is 0.0526. The highest BCUT2D eigenvalue weighted by molar-refractivity contribution is 5.89. The van der Waals surface area contributed by atoms with E-state index in [9.17, 15) is 0 Å². The maximum Gasteiger partial charge on any atom is 0.162 e. The summed E-state index contributed by atoms with van der Waals surface area (Å²) >= 11 is 0. The predicted octanol–water partition coefficient (Wildman–Crippen LogP) is 3.95. The van der Waals surface area contributed by atoms with Crippen molar-refractivity contribution >= 4 is 33.6 Å². The molecule has 0 amide bonds. The molecule has 5 aromatic rings. The zero-order valence-corrected chi connectivity index (χ0v) is 14.0. The second-order valence-electron chi connectivity index (χ2n) is 6.07. The SMILES string of the molecule is Cc1nc2cc(Nc3nc(-c4ccccc4)nc4cn[nH]c34)ccc2[nH]1. The standard InChI is InChI=1S/C19H15N7/c1-11-21-14-8-7-13(9-15(14)22-11)23-19-17-16(10-20-26-17)24-18(25-19)12-5-3-2-4-6-12/h2-10H,1H3,(H,20,26)(H,21,22)(H,23,24,25). The highest BCUT2D eigenvalue weighted by Crippen LogP contribution is 2.27. The number of anilines is 2. The minimum atomic E-state index is 0.652. The summed E-state index contributed by atoms with van der Waals surface area (Å²) in [5.41, 5.74) is 5.30. The molecule has 0 aliphatic rings. The lowest BCUT2D eigenvalue weighted by molar-refractivity contribution is 1.11. The van der Waals surface area contributed by atoms with E-state index in [2.05, 4.69) is 30.5 Å². The first-order chi connectivity index (χ1) is 12.8. The molecule has 0 radical (unpaired) electrons. The average molecular weight is 341 g/mol. The van der Waals surface area contributed by atoms with Crippen LogP contribution in [0.2, 0.25) is 0 Å². The molecule has 0 saturated carbocycles. The summed E-state index contributed by atoms with van der Waals surface area (Å²) in [5, 5.41) is 10.4. The van der Waals surface area contributed by atoms with Gasteiger partial charge in [-0.1, -0.05) is 30.3 Å². The second-order valence-corrected chi connectivity index (χ2v) is 6.07. The lowest BCUT2D eigenvalue weighted by Crippen LogP contribution is -1.99. The Morgan fingerprint density at radius 3 is 2.69 bits per heavy atom. The number of H-pyrrole nitrogens is 2. The first kappa shape index (κ1) is 14.6. The summed E-state index contributed by atoms with van der Waals surface area (Å²) in [6.07, 6.45) is 1.70. The van der Waals surface area contributed by atoms with Gasteiger partial charge in [-0.15, -0.1) is 0 Å². The number of rotatable bonds is 3. The van der Waals surface area contributed by atoms with Crippen LogP contribution < -0.4 is 5.32 Å². The number of aryl methyl sites for hydroxylation is 1. The topological polar surface area (TPSA) is 95.2 Å². The van der Waals surface area contributed by atoms with Crippen LogP contribution in [0.4, 0.5) is 11.5 Å². The Bertz CT molecular complexity index is 1220. The third-order valence-electron chi connectivity index (χ3n) is 4.20. The molecule has 0 spiro atoms. The van der Waals surface area contributed by atoms with Crippen LogP contribution in [0.1, 0.15) is 5.82 Å². The molecular formula is C19H15N7. The summed E-state index contributed by atoms with van der Waals surface area (Å²) in [6, 6.07) is 15.9. The van der Waals surface area contributed by atoms with Gasteiger partial charge in [-0.3, -0.25) is 5.10 Å². The number of benzene rings is 2. The lowest BCUT2D eigenvalue weighted by atomic mass is 10.2. The molecule has 0 fully saturated rings. The number of aromatic nitrogens is 6. The van der Waals surface area contributed by atoms with Crippen LogP contribution in [-0.4, -0.2) is 30.1 Å². The fourth-order valence-corrected chi connectivity index (χ4v) is 2.99. The summed E-state index contributed by atoms with van der Waals surface area (Å²) < 4.78 is 0. The fourth-order valence-electron chi connectivity index (χ4n) is 2.99. The Balaban J connectivity index is 1.61. The molecule has 3 N–H and O–H groups in total. The van der Waals surface area contributed by atoms with Crippen LogP contribution in [0.3, 0.4) is 0 Å². The van der Waals surface area contributed by atoms with Gasteiger partial charge >= 0.3 is 0 Å². The van der Waals surface area contributed by atoms with E-state index >= 15 is 0 Å². The first-order valence-corrected chi connectivity index (χ1v) is 8.26. The molecule has 7 nitrogen and oxygen atoms in total. The predicted molar refractivity (Wildman–Crippen MR) is 101 cm³/mol. The molecular weight excluding hydrogens is 326 g/mol. The van der Waals surface area contributed by atoms with Gasteiger partial charge in [0, 0.05) is 11.3 Å². The number of nitrogens with one attached hydrogen (secondary N) is 3. The zero-order valence-electron chi connectivity index (χ0n) is 14.0. The second kappa shape index (κ2) is 5.66. The largest absolute Gasteiger partial charge is 0.342 e. The molecule has 0 unspecified atom stereocenters. The van der Waals surface area contributed by atoms with E-state index in [0.29, 0.717) is 11.6 Å². The van der Waals surface area contributed by atoms with Crippen LogP contribution >= 0.6 is 0 Å². The van der Waals surface area contributed by atoms with Gasteiger partial charge in [0.15, 0.2) is 11.6 Å². The molecule has 2 aromatic carbocycles. The van der Waals surface area contributed by atoms with Gasteiger partial charge in [-0.25, -0.2) is 15.0 Å². The van der Waals surface area contributed by atoms with Crippen molar-refractivity contribution in [2.24, 2.45) is 0 Å². The van der Waals surface area contributed by atoms with Gasteiger partial charge in [-0.2, -0.15) is 5.10 Å². The Morgan fingerprint density at radius 2 is 1.81 bits per heavy atom. The monoisotopic (exact) mass is 341 g/mol. The minimum absolute atomic E-state index is 0.652. The number of nitrogens with zero attached hydrogens (tertiary/aromatic N) is 4. The third-order valence-corrected chi connectivity index (χ3v) is 4.20. The van der Waals surface area contributed by atoms with Gasteiger partial charge < -0.3 is 10.3 Å². The van der Waals surface area contributed by atoms with Crippen LogP contribution in [0.15, 0.2) is 54.7 Å². The molecule has 3 aromatic heterocycles. The van der Waals surface area contributed by atoms with Gasteiger partial charge in [0.1, 0.15) is 16.9 Å². The van der Waals surface area contributed by atoms with E-state index in [1.54, 1.807) is 6.20 Å². The average Bonchev–Trinajstić information content (AvgIpc) is 3.27. The molecule has 0 bridgehead atoms. The van der Waals surface area contributed by atoms with E-state index in [-0.39, 0.29) is 0 Å². The van der Waals surface area contributed by atoms with E-state index < -0.39 is 0 Å². The number of imidazole rings is 1. The number of hydrogen-bond acceptors (Lipinski definition) is 5. The van der Waals surface area contributed by atoms with Gasteiger partial charge in [0.05, 0.1) is 17.2 Å². The van der Waals surface area contributed by atoms with E-state index in [4.69, 9.17) is 4.98 Å². The van der Waals surface area contributed by atoms with Gasteiger partial charge in [0.2, 0.25) is 0 Å². The van der Waals surface area contributed by atoms with Crippen molar-refractivity contribution in [2.45, 2.75) is 6.92 Å². The van der Waals surface area contributed by atoms with Crippen LogP contribution in [0.5, 0.6) is 0 Å². The van der Waals surface area contributed by atoms with Gasteiger partial charge in [0.25, 0.3) is 0 Å². The highest BCUT2D eigenvalue weighted by atomic mass is 15.2. The van der Waals surface area contributed by atoms with Crippen molar-refractivity contribution in [2.75, 3.05) is 5.32 Å².